The fourth-order valence-electron chi connectivity index (χ4n) is 3.96. The minimum absolute atomic E-state index is 0.0973. The molecule has 6 heteroatoms. The zero-order valence-corrected chi connectivity index (χ0v) is 17.6. The van der Waals surface area contributed by atoms with Gasteiger partial charge in [0.1, 0.15) is 13.2 Å². The van der Waals surface area contributed by atoms with Crippen molar-refractivity contribution in [1.82, 2.24) is 10.2 Å². The third-order valence-corrected chi connectivity index (χ3v) is 5.52. The van der Waals surface area contributed by atoms with Crippen molar-refractivity contribution >= 4 is 5.91 Å². The number of hydrogen-bond acceptors (Lipinski definition) is 5. The van der Waals surface area contributed by atoms with Gasteiger partial charge in [-0.3, -0.25) is 9.69 Å². The zero-order valence-electron chi connectivity index (χ0n) is 17.6. The molecule has 0 spiro atoms. The maximum absolute atomic E-state index is 12.5. The number of carbonyl (C=O) groups is 1. The molecule has 0 aromatic heterocycles. The molecule has 3 rings (SSSR count). The lowest BCUT2D eigenvalue weighted by molar-refractivity contribution is -0.121. The van der Waals surface area contributed by atoms with Crippen LogP contribution in [0.5, 0.6) is 11.5 Å². The number of aliphatic hydroxyl groups is 1. The Bertz CT molecular complexity index is 652. The van der Waals surface area contributed by atoms with Crippen LogP contribution in [0.15, 0.2) is 18.2 Å². The zero-order chi connectivity index (χ0) is 20.5. The summed E-state index contributed by atoms with van der Waals surface area (Å²) in [6.07, 6.45) is 8.86. The summed E-state index contributed by atoms with van der Waals surface area (Å²) in [4.78, 5) is 14.7. The summed E-state index contributed by atoms with van der Waals surface area (Å²) in [7, 11) is 0. The third kappa shape index (κ3) is 7.19. The molecule has 2 heterocycles. The highest BCUT2D eigenvalue weighted by molar-refractivity contribution is 5.76. The smallest absolute Gasteiger partial charge is 0.220 e. The minimum Gasteiger partial charge on any atom is -0.486 e. The standard InChI is InChI=1S/C23H35N2O4/c1-2-3-4-5-6-7-23(27)24-19(16-25-11-10-20(26)17-25)14-18-8-9-21-22(15-18)29-13-12-28-21/h8-9,14-15,19-20,26H,2-7,10-13,16-17H2,1H3,(H,24,27)/t19-,20+/m0/s1. The van der Waals surface area contributed by atoms with E-state index in [1.165, 1.54) is 19.3 Å². The number of fused-ring (bicyclic) bond motifs is 1. The normalized spacial score (nSPS) is 19.9. The summed E-state index contributed by atoms with van der Waals surface area (Å²) in [6, 6.07) is 5.78. The first kappa shape index (κ1) is 21.9. The second-order valence-corrected chi connectivity index (χ2v) is 8.11. The van der Waals surface area contributed by atoms with Gasteiger partial charge in [-0.15, -0.1) is 0 Å². The van der Waals surface area contributed by atoms with Gasteiger partial charge in [-0.25, -0.2) is 0 Å². The van der Waals surface area contributed by atoms with Crippen LogP contribution in [-0.2, 0) is 4.79 Å². The van der Waals surface area contributed by atoms with Crippen LogP contribution < -0.4 is 14.8 Å². The lowest BCUT2D eigenvalue weighted by atomic mass is 10.0. The Morgan fingerprint density at radius 2 is 2.03 bits per heavy atom. The lowest BCUT2D eigenvalue weighted by Crippen LogP contribution is -2.43. The Kier molecular flexibility index (Phi) is 8.62. The number of rotatable bonds is 11. The number of nitrogens with one attached hydrogen (secondary N) is 1. The van der Waals surface area contributed by atoms with E-state index in [1.807, 2.05) is 18.2 Å². The molecule has 1 fully saturated rings. The fourth-order valence-corrected chi connectivity index (χ4v) is 3.96. The average molecular weight is 404 g/mol. The van der Waals surface area contributed by atoms with Crippen molar-refractivity contribution < 1.29 is 19.4 Å². The molecule has 2 N–H and O–H groups in total. The van der Waals surface area contributed by atoms with Gasteiger partial charge in [0.15, 0.2) is 11.5 Å². The number of carbonyl (C=O) groups excluding carboxylic acids is 1. The summed E-state index contributed by atoms with van der Waals surface area (Å²) >= 11 is 0. The number of aliphatic hydroxyl groups excluding tert-OH is 1. The van der Waals surface area contributed by atoms with Crippen molar-refractivity contribution in [1.29, 1.82) is 0 Å². The van der Waals surface area contributed by atoms with Crippen LogP contribution in [0.4, 0.5) is 0 Å². The monoisotopic (exact) mass is 403 g/mol. The molecule has 2 aliphatic rings. The Morgan fingerprint density at radius 1 is 1.24 bits per heavy atom. The summed E-state index contributed by atoms with van der Waals surface area (Å²) in [6.45, 7) is 5.55. The van der Waals surface area contributed by atoms with Crippen LogP contribution in [0.25, 0.3) is 0 Å². The molecule has 0 saturated carbocycles. The van der Waals surface area contributed by atoms with Crippen LogP contribution in [-0.4, -0.2) is 60.9 Å². The van der Waals surface area contributed by atoms with E-state index in [-0.39, 0.29) is 18.1 Å². The number of nitrogens with zero attached hydrogens (tertiary/aromatic N) is 1. The number of likely N-dealkylation sites (tertiary alicyclic amines) is 1. The summed E-state index contributed by atoms with van der Waals surface area (Å²) in [5.74, 6) is 1.62. The molecule has 1 aromatic rings. The molecule has 0 bridgehead atoms. The summed E-state index contributed by atoms with van der Waals surface area (Å²) < 4.78 is 11.3. The fraction of sp³-hybridized carbons (Fsp3) is 0.652. The first-order valence-electron chi connectivity index (χ1n) is 11.1. The van der Waals surface area contributed by atoms with Gasteiger partial charge >= 0.3 is 0 Å². The van der Waals surface area contributed by atoms with E-state index in [2.05, 4.69) is 23.6 Å². The van der Waals surface area contributed by atoms with E-state index >= 15 is 0 Å². The first-order chi connectivity index (χ1) is 14.1. The topological polar surface area (TPSA) is 71.0 Å². The van der Waals surface area contributed by atoms with Crippen LogP contribution in [0, 0.1) is 6.42 Å². The molecule has 0 unspecified atom stereocenters. The number of unbranched alkanes of at least 4 members (excludes halogenated alkanes) is 4. The molecule has 2 atom stereocenters. The van der Waals surface area contributed by atoms with Crippen LogP contribution in [0.1, 0.15) is 57.4 Å². The third-order valence-electron chi connectivity index (χ3n) is 5.52. The Balaban J connectivity index is 1.56. The molecule has 1 radical (unpaired) electrons. The lowest BCUT2D eigenvalue weighted by Gasteiger charge is -2.25. The van der Waals surface area contributed by atoms with Crippen molar-refractivity contribution in [3.8, 4) is 11.5 Å². The highest BCUT2D eigenvalue weighted by Gasteiger charge is 2.24. The average Bonchev–Trinajstić information content (AvgIpc) is 3.12. The van der Waals surface area contributed by atoms with Gasteiger partial charge in [-0.1, -0.05) is 38.7 Å². The first-order valence-corrected chi connectivity index (χ1v) is 11.1. The van der Waals surface area contributed by atoms with E-state index in [0.717, 1.165) is 42.9 Å². The molecular formula is C23H35N2O4. The van der Waals surface area contributed by atoms with Crippen molar-refractivity contribution in [3.63, 3.8) is 0 Å². The largest absolute Gasteiger partial charge is 0.486 e. The number of ether oxygens (including phenoxy) is 2. The number of benzene rings is 1. The molecule has 29 heavy (non-hydrogen) atoms. The maximum Gasteiger partial charge on any atom is 0.220 e. The summed E-state index contributed by atoms with van der Waals surface area (Å²) in [5.41, 5.74) is 1.00. The molecule has 1 aromatic carbocycles. The molecule has 6 nitrogen and oxygen atoms in total. The van der Waals surface area contributed by atoms with E-state index in [9.17, 15) is 9.90 Å². The summed E-state index contributed by atoms with van der Waals surface area (Å²) in [5, 5.41) is 13.0. The highest BCUT2D eigenvalue weighted by atomic mass is 16.6. The van der Waals surface area contributed by atoms with E-state index in [0.29, 0.717) is 32.7 Å². The highest BCUT2D eigenvalue weighted by Crippen LogP contribution is 2.31. The van der Waals surface area contributed by atoms with Gasteiger partial charge in [0.2, 0.25) is 5.91 Å². The van der Waals surface area contributed by atoms with Gasteiger partial charge in [0.05, 0.1) is 6.10 Å². The molecular weight excluding hydrogens is 368 g/mol. The van der Waals surface area contributed by atoms with Gasteiger partial charge in [0.25, 0.3) is 0 Å². The maximum atomic E-state index is 12.5. The molecule has 1 amide bonds. The van der Waals surface area contributed by atoms with Crippen LogP contribution in [0.3, 0.4) is 0 Å². The predicted molar refractivity (Wildman–Crippen MR) is 113 cm³/mol. The second kappa shape index (κ2) is 11.4. The van der Waals surface area contributed by atoms with Gasteiger partial charge in [-0.2, -0.15) is 0 Å². The Morgan fingerprint density at radius 3 is 2.79 bits per heavy atom. The molecule has 2 aliphatic heterocycles. The quantitative estimate of drug-likeness (QED) is 0.556. The predicted octanol–water partition coefficient (Wildman–Crippen LogP) is 2.92. The van der Waals surface area contributed by atoms with Crippen LogP contribution >= 0.6 is 0 Å². The minimum atomic E-state index is -0.265. The van der Waals surface area contributed by atoms with Crippen molar-refractivity contribution in [2.75, 3.05) is 32.8 Å². The van der Waals surface area contributed by atoms with Gasteiger partial charge < -0.3 is 19.9 Å². The van der Waals surface area contributed by atoms with Gasteiger partial charge in [-0.05, 0) is 30.5 Å². The number of amides is 1. The van der Waals surface area contributed by atoms with E-state index in [1.54, 1.807) is 0 Å². The number of β-amino-alcohol motifs (C(OH)–C–C–N with tert-alkyl or cyclic N) is 1. The van der Waals surface area contributed by atoms with Gasteiger partial charge in [0, 0.05) is 38.5 Å². The van der Waals surface area contributed by atoms with Crippen LogP contribution in [0.2, 0.25) is 0 Å². The van der Waals surface area contributed by atoms with Crippen molar-refractivity contribution in [2.45, 2.75) is 64.0 Å². The SMILES string of the molecule is CCCCCCCC(=O)N[C@@H]([CH]c1ccc2c(c1)OCCO2)CN1CC[C@@H](O)C1. The Labute approximate surface area is 174 Å². The van der Waals surface area contributed by atoms with Crippen molar-refractivity contribution in [2.24, 2.45) is 0 Å². The Hall–Kier alpha value is -1.79. The number of hydrogen-bond donors (Lipinski definition) is 2. The van der Waals surface area contributed by atoms with E-state index in [4.69, 9.17) is 9.47 Å². The van der Waals surface area contributed by atoms with E-state index < -0.39 is 0 Å². The van der Waals surface area contributed by atoms with Crippen molar-refractivity contribution in [3.05, 3.63) is 30.2 Å². The second-order valence-electron chi connectivity index (χ2n) is 8.11. The molecule has 0 aliphatic carbocycles. The molecule has 1 saturated heterocycles. The molecule has 161 valence electrons.